The monoisotopic (exact) mass is 404 g/mol. The molecule has 152 valence electrons. The summed E-state index contributed by atoms with van der Waals surface area (Å²) >= 11 is 0. The summed E-state index contributed by atoms with van der Waals surface area (Å²) in [5, 5.41) is 14.7. The molecule has 29 heavy (non-hydrogen) atoms. The largest absolute Gasteiger partial charge is 0.383 e. The Morgan fingerprint density at radius 2 is 2.21 bits per heavy atom. The van der Waals surface area contributed by atoms with Gasteiger partial charge in [-0.3, -0.25) is 15.0 Å². The van der Waals surface area contributed by atoms with E-state index < -0.39 is 23.7 Å². The topological polar surface area (TPSA) is 120 Å². The van der Waals surface area contributed by atoms with E-state index in [4.69, 9.17) is 10.00 Å². The molecule has 11 heteroatoms. The van der Waals surface area contributed by atoms with Gasteiger partial charge in [0.15, 0.2) is 6.29 Å². The van der Waals surface area contributed by atoms with Crippen molar-refractivity contribution < 1.29 is 23.1 Å². The second-order valence-corrected chi connectivity index (χ2v) is 5.70. The number of halogens is 2. The van der Waals surface area contributed by atoms with E-state index in [0.717, 1.165) is 11.0 Å². The van der Waals surface area contributed by atoms with E-state index >= 15 is 0 Å². The molecule has 2 heterocycles. The van der Waals surface area contributed by atoms with Crippen LogP contribution < -0.4 is 15.5 Å². The number of urea groups is 1. The Balaban J connectivity index is 2.18. The zero-order valence-corrected chi connectivity index (χ0v) is 15.6. The molecule has 2 amide bonds. The normalized spacial score (nSPS) is 10.3. The van der Waals surface area contributed by atoms with Crippen molar-refractivity contribution >= 4 is 29.6 Å². The second kappa shape index (κ2) is 10.0. The van der Waals surface area contributed by atoms with Crippen LogP contribution in [0.5, 0.6) is 0 Å². The number of aromatic nitrogens is 2. The smallest absolute Gasteiger partial charge is 0.328 e. The third kappa shape index (κ3) is 5.43. The lowest BCUT2D eigenvalue weighted by Gasteiger charge is -2.18. The van der Waals surface area contributed by atoms with Crippen molar-refractivity contribution in [1.29, 1.82) is 5.26 Å². The van der Waals surface area contributed by atoms with Crippen LogP contribution in [-0.2, 0) is 4.74 Å². The Bertz CT molecular complexity index is 932. The molecule has 0 saturated carbocycles. The maximum atomic E-state index is 12.9. The molecule has 9 nitrogen and oxygen atoms in total. The number of nitrogens with zero attached hydrogens (tertiary/aromatic N) is 4. The maximum Gasteiger partial charge on any atom is 0.328 e. The summed E-state index contributed by atoms with van der Waals surface area (Å²) in [6.45, 7) is 0.855. The molecule has 0 aliphatic carbocycles. The fourth-order valence-corrected chi connectivity index (χ4v) is 2.28. The molecule has 0 unspecified atom stereocenters. The predicted octanol–water partition coefficient (Wildman–Crippen LogP) is 2.82. The molecule has 0 fully saturated rings. The van der Waals surface area contributed by atoms with Crippen LogP contribution in [0.2, 0.25) is 0 Å². The van der Waals surface area contributed by atoms with Gasteiger partial charge in [0.05, 0.1) is 17.9 Å². The number of ether oxygens (including phenoxy) is 1. The van der Waals surface area contributed by atoms with E-state index in [1.807, 2.05) is 6.07 Å². The molecule has 2 N–H and O–H groups in total. The van der Waals surface area contributed by atoms with Gasteiger partial charge in [-0.05, 0) is 12.1 Å². The standard InChI is InChI=1S/C18H18F2N6O3/c1-26(16-4-3-12(17(19)20)14(10-27)24-16)18(28)25-15-7-13(22-5-6-29-2)11(8-21)9-23-15/h3-4,7,9-10,17H,5-6H2,1-2H3,(H2,22,23,25,28). The zero-order valence-electron chi connectivity index (χ0n) is 15.6. The van der Waals surface area contributed by atoms with Gasteiger partial charge in [0.25, 0.3) is 6.43 Å². The molecule has 0 aromatic carbocycles. The summed E-state index contributed by atoms with van der Waals surface area (Å²) in [5.41, 5.74) is -0.219. The Morgan fingerprint density at radius 3 is 2.83 bits per heavy atom. The number of carbonyl (C=O) groups is 2. The highest BCUT2D eigenvalue weighted by atomic mass is 19.3. The molecule has 0 atom stereocenters. The molecule has 0 bridgehead atoms. The van der Waals surface area contributed by atoms with Crippen LogP contribution in [0.1, 0.15) is 28.0 Å². The van der Waals surface area contributed by atoms with E-state index in [9.17, 15) is 18.4 Å². The highest BCUT2D eigenvalue weighted by Crippen LogP contribution is 2.24. The van der Waals surface area contributed by atoms with Gasteiger partial charge in [0, 0.05) is 38.5 Å². The van der Waals surface area contributed by atoms with E-state index in [0.29, 0.717) is 18.8 Å². The number of alkyl halides is 2. The first-order valence-electron chi connectivity index (χ1n) is 8.33. The minimum Gasteiger partial charge on any atom is -0.383 e. The molecule has 0 aliphatic heterocycles. The molecule has 0 radical (unpaired) electrons. The first kappa shape index (κ1) is 21.6. The zero-order chi connectivity index (χ0) is 21.4. The lowest BCUT2D eigenvalue weighted by atomic mass is 10.2. The number of hydrogen-bond donors (Lipinski definition) is 2. The van der Waals surface area contributed by atoms with Crippen molar-refractivity contribution in [2.45, 2.75) is 6.43 Å². The van der Waals surface area contributed by atoms with Crippen LogP contribution in [0.3, 0.4) is 0 Å². The van der Waals surface area contributed by atoms with Gasteiger partial charge < -0.3 is 10.1 Å². The van der Waals surface area contributed by atoms with Gasteiger partial charge in [-0.25, -0.2) is 23.5 Å². The number of nitrogens with one attached hydrogen (secondary N) is 2. The minimum absolute atomic E-state index is 0.00101. The van der Waals surface area contributed by atoms with Gasteiger partial charge in [-0.15, -0.1) is 0 Å². The van der Waals surface area contributed by atoms with Gasteiger partial charge >= 0.3 is 6.03 Å². The molecule has 0 saturated heterocycles. The number of amides is 2. The van der Waals surface area contributed by atoms with Crippen molar-refractivity contribution in [1.82, 2.24) is 9.97 Å². The van der Waals surface area contributed by atoms with Crippen LogP contribution in [0.15, 0.2) is 24.4 Å². The van der Waals surface area contributed by atoms with Gasteiger partial charge in [0.2, 0.25) is 0 Å². The quantitative estimate of drug-likeness (QED) is 0.513. The maximum absolute atomic E-state index is 12.9. The Labute approximate surface area is 165 Å². The first-order chi connectivity index (χ1) is 13.9. The van der Waals surface area contributed by atoms with Crippen LogP contribution in [0, 0.1) is 11.3 Å². The number of anilines is 3. The Morgan fingerprint density at radius 1 is 1.45 bits per heavy atom. The predicted molar refractivity (Wildman–Crippen MR) is 101 cm³/mol. The first-order valence-corrected chi connectivity index (χ1v) is 8.33. The Kier molecular flexibility index (Phi) is 7.50. The SMILES string of the molecule is COCCNc1cc(NC(=O)N(C)c2ccc(C(F)F)c(C=O)n2)ncc1C#N. The van der Waals surface area contributed by atoms with Crippen LogP contribution in [0.25, 0.3) is 0 Å². The summed E-state index contributed by atoms with van der Waals surface area (Å²) in [4.78, 5) is 32.3. The minimum atomic E-state index is -2.86. The molecule has 0 spiro atoms. The molecule has 2 aromatic heterocycles. The molecular weight excluding hydrogens is 386 g/mol. The molecule has 0 aliphatic rings. The number of aldehydes is 1. The third-order valence-electron chi connectivity index (χ3n) is 3.82. The van der Waals surface area contributed by atoms with Gasteiger partial charge in [0.1, 0.15) is 23.4 Å². The average Bonchev–Trinajstić information content (AvgIpc) is 2.73. The van der Waals surface area contributed by atoms with Crippen LogP contribution in [0.4, 0.5) is 30.9 Å². The molecule has 2 aromatic rings. The van der Waals surface area contributed by atoms with Crippen molar-refractivity contribution in [2.75, 3.05) is 42.8 Å². The summed E-state index contributed by atoms with van der Waals surface area (Å²) in [6, 6.07) is 5.04. The average molecular weight is 404 g/mol. The van der Waals surface area contributed by atoms with Crippen molar-refractivity contribution in [3.05, 3.63) is 41.2 Å². The summed E-state index contributed by atoms with van der Waals surface area (Å²) in [6.07, 6.45) is -1.36. The number of rotatable bonds is 8. The summed E-state index contributed by atoms with van der Waals surface area (Å²) < 4.78 is 30.7. The number of methoxy groups -OCH3 is 1. The van der Waals surface area contributed by atoms with Crippen molar-refractivity contribution in [3.63, 3.8) is 0 Å². The fourth-order valence-electron chi connectivity index (χ4n) is 2.28. The van der Waals surface area contributed by atoms with E-state index in [1.54, 1.807) is 7.11 Å². The summed E-state index contributed by atoms with van der Waals surface area (Å²) in [7, 11) is 2.90. The van der Waals surface area contributed by atoms with Gasteiger partial charge in [-0.1, -0.05) is 0 Å². The highest BCUT2D eigenvalue weighted by molar-refractivity contribution is 6.00. The lowest BCUT2D eigenvalue weighted by Crippen LogP contribution is -2.32. The second-order valence-electron chi connectivity index (χ2n) is 5.70. The number of pyridine rings is 2. The highest BCUT2D eigenvalue weighted by Gasteiger charge is 2.19. The fraction of sp³-hybridized carbons (Fsp3) is 0.278. The van der Waals surface area contributed by atoms with Crippen LogP contribution >= 0.6 is 0 Å². The van der Waals surface area contributed by atoms with E-state index in [-0.39, 0.29) is 23.5 Å². The molecular formula is C18H18F2N6O3. The van der Waals surface area contributed by atoms with Gasteiger partial charge in [-0.2, -0.15) is 5.26 Å². The molecule has 2 rings (SSSR count). The van der Waals surface area contributed by atoms with E-state index in [2.05, 4.69) is 20.6 Å². The third-order valence-corrected chi connectivity index (χ3v) is 3.82. The summed E-state index contributed by atoms with van der Waals surface area (Å²) in [5.74, 6) is 0.154. The number of hydrogen-bond acceptors (Lipinski definition) is 7. The van der Waals surface area contributed by atoms with Crippen molar-refractivity contribution in [3.8, 4) is 6.07 Å². The van der Waals surface area contributed by atoms with E-state index in [1.165, 1.54) is 25.4 Å². The number of carbonyl (C=O) groups excluding carboxylic acids is 2. The van der Waals surface area contributed by atoms with Crippen LogP contribution in [-0.4, -0.2) is 49.6 Å². The number of nitriles is 1. The Hall–Kier alpha value is -3.65. The van der Waals surface area contributed by atoms with Crippen molar-refractivity contribution in [2.24, 2.45) is 0 Å². The lowest BCUT2D eigenvalue weighted by molar-refractivity contribution is 0.110.